The highest BCUT2D eigenvalue weighted by molar-refractivity contribution is 5.94. The van der Waals surface area contributed by atoms with Crippen LogP contribution in [0.1, 0.15) is 15.9 Å². The summed E-state index contributed by atoms with van der Waals surface area (Å²) in [5.41, 5.74) is 3.27. The number of rotatable bonds is 4. The number of amides is 1. The molecule has 0 atom stereocenters. The number of nitrogens with zero attached hydrogens (tertiary/aromatic N) is 4. The van der Waals surface area contributed by atoms with Gasteiger partial charge in [0.05, 0.1) is 17.6 Å². The molecule has 5 rings (SSSR count). The van der Waals surface area contributed by atoms with Gasteiger partial charge in [-0.25, -0.2) is 4.98 Å². The molecule has 0 aliphatic carbocycles. The molecule has 0 N–H and O–H groups in total. The molecular formula is C26H24N4O2. The van der Waals surface area contributed by atoms with E-state index in [1.165, 1.54) is 0 Å². The minimum atomic E-state index is -0.101. The molecule has 6 heteroatoms. The lowest BCUT2D eigenvalue weighted by atomic mass is 10.2. The van der Waals surface area contributed by atoms with Crippen LogP contribution in [-0.2, 0) is 6.54 Å². The van der Waals surface area contributed by atoms with Gasteiger partial charge in [-0.1, -0.05) is 60.7 Å². The maximum absolute atomic E-state index is 13.5. The molecule has 32 heavy (non-hydrogen) atoms. The summed E-state index contributed by atoms with van der Waals surface area (Å²) in [5.74, 6) is 0.477. The summed E-state index contributed by atoms with van der Waals surface area (Å²) in [5, 5.41) is 0. The Labute approximate surface area is 186 Å². The maximum Gasteiger partial charge on any atom is 0.294 e. The third-order valence-corrected chi connectivity index (χ3v) is 5.91. The van der Waals surface area contributed by atoms with Crippen molar-refractivity contribution in [1.29, 1.82) is 0 Å². The number of para-hydroxylation sites is 2. The SMILES string of the molecule is O=C(c1ccccc1)N1CCN(c2nc3ccccc3n(Cc3ccccc3)c2=O)CC1. The molecule has 1 aliphatic heterocycles. The summed E-state index contributed by atoms with van der Waals surface area (Å²) in [4.78, 5) is 34.8. The zero-order chi connectivity index (χ0) is 21.9. The molecule has 1 aliphatic rings. The zero-order valence-electron chi connectivity index (χ0n) is 17.7. The van der Waals surface area contributed by atoms with E-state index in [-0.39, 0.29) is 11.5 Å². The van der Waals surface area contributed by atoms with Crippen LogP contribution in [0.25, 0.3) is 11.0 Å². The summed E-state index contributed by atoms with van der Waals surface area (Å²) in [7, 11) is 0. The Morgan fingerprint density at radius 3 is 2.12 bits per heavy atom. The molecule has 2 heterocycles. The smallest absolute Gasteiger partial charge is 0.294 e. The predicted octanol–water partition coefficient (Wildman–Crippen LogP) is 3.41. The molecular weight excluding hydrogens is 400 g/mol. The molecule has 160 valence electrons. The maximum atomic E-state index is 13.5. The fraction of sp³-hybridized carbons (Fsp3) is 0.192. The third-order valence-electron chi connectivity index (χ3n) is 5.91. The van der Waals surface area contributed by atoms with Crippen LogP contribution >= 0.6 is 0 Å². The molecule has 0 spiro atoms. The van der Waals surface area contributed by atoms with Crippen molar-refractivity contribution in [1.82, 2.24) is 14.5 Å². The minimum Gasteiger partial charge on any atom is -0.348 e. The van der Waals surface area contributed by atoms with Crippen LogP contribution in [0.3, 0.4) is 0 Å². The number of piperazine rings is 1. The lowest BCUT2D eigenvalue weighted by molar-refractivity contribution is 0.0746. The van der Waals surface area contributed by atoms with Crippen LogP contribution in [0.5, 0.6) is 0 Å². The topological polar surface area (TPSA) is 58.4 Å². The van der Waals surface area contributed by atoms with E-state index in [2.05, 4.69) is 0 Å². The first kappa shape index (κ1) is 20.0. The molecule has 0 bridgehead atoms. The number of anilines is 1. The summed E-state index contributed by atoms with van der Waals surface area (Å²) in [6.07, 6.45) is 0. The quantitative estimate of drug-likeness (QED) is 0.504. The van der Waals surface area contributed by atoms with E-state index >= 15 is 0 Å². The molecule has 3 aromatic carbocycles. The molecule has 0 unspecified atom stereocenters. The number of carbonyl (C=O) groups excluding carboxylic acids is 1. The van der Waals surface area contributed by atoms with Crippen LogP contribution in [0.2, 0.25) is 0 Å². The van der Waals surface area contributed by atoms with Gasteiger partial charge in [-0.2, -0.15) is 0 Å². The average molecular weight is 425 g/mol. The number of hydrogen-bond acceptors (Lipinski definition) is 4. The van der Waals surface area contributed by atoms with Crippen molar-refractivity contribution in [2.75, 3.05) is 31.1 Å². The second-order valence-electron chi connectivity index (χ2n) is 7.95. The molecule has 1 saturated heterocycles. The first-order valence-corrected chi connectivity index (χ1v) is 10.8. The molecule has 4 aromatic rings. The average Bonchev–Trinajstić information content (AvgIpc) is 2.86. The zero-order valence-corrected chi connectivity index (χ0v) is 17.7. The van der Waals surface area contributed by atoms with Crippen molar-refractivity contribution in [2.24, 2.45) is 0 Å². The van der Waals surface area contributed by atoms with Crippen molar-refractivity contribution in [2.45, 2.75) is 6.54 Å². The van der Waals surface area contributed by atoms with E-state index in [0.717, 1.165) is 16.6 Å². The molecule has 0 radical (unpaired) electrons. The largest absolute Gasteiger partial charge is 0.348 e. The highest BCUT2D eigenvalue weighted by Crippen LogP contribution is 2.18. The fourth-order valence-electron chi connectivity index (χ4n) is 4.19. The van der Waals surface area contributed by atoms with E-state index < -0.39 is 0 Å². The van der Waals surface area contributed by atoms with Gasteiger partial charge in [0.2, 0.25) is 0 Å². The van der Waals surface area contributed by atoms with Gasteiger partial charge in [0.15, 0.2) is 5.82 Å². The molecule has 1 fully saturated rings. The third kappa shape index (κ3) is 3.87. The lowest BCUT2D eigenvalue weighted by Gasteiger charge is -2.35. The van der Waals surface area contributed by atoms with Crippen LogP contribution in [0.15, 0.2) is 89.7 Å². The molecule has 0 saturated carbocycles. The van der Waals surface area contributed by atoms with Gasteiger partial charge in [-0.05, 0) is 29.8 Å². The second kappa shape index (κ2) is 8.67. The Kier molecular flexibility index (Phi) is 5.42. The van der Waals surface area contributed by atoms with E-state index in [9.17, 15) is 9.59 Å². The van der Waals surface area contributed by atoms with E-state index in [1.807, 2.05) is 94.7 Å². The van der Waals surface area contributed by atoms with Gasteiger partial charge in [0, 0.05) is 31.7 Å². The molecule has 6 nitrogen and oxygen atoms in total. The number of fused-ring (bicyclic) bond motifs is 1. The van der Waals surface area contributed by atoms with E-state index in [0.29, 0.717) is 44.1 Å². The highest BCUT2D eigenvalue weighted by atomic mass is 16.2. The van der Waals surface area contributed by atoms with Crippen LogP contribution < -0.4 is 10.5 Å². The number of carbonyl (C=O) groups is 1. The minimum absolute atomic E-state index is 0.0261. The van der Waals surface area contributed by atoms with Crippen molar-refractivity contribution in [3.05, 3.63) is 106 Å². The standard InChI is InChI=1S/C26H24N4O2/c31-25(21-11-5-2-6-12-21)29-17-15-28(16-18-29)24-26(32)30(19-20-9-3-1-4-10-20)23-14-8-7-13-22(23)27-24/h1-14H,15-19H2. The summed E-state index contributed by atoms with van der Waals surface area (Å²) in [6, 6.07) is 27.0. The second-order valence-corrected chi connectivity index (χ2v) is 7.95. The monoisotopic (exact) mass is 424 g/mol. The Balaban J connectivity index is 1.43. The van der Waals surface area contributed by atoms with Crippen molar-refractivity contribution in [3.8, 4) is 0 Å². The highest BCUT2D eigenvalue weighted by Gasteiger charge is 2.25. The van der Waals surface area contributed by atoms with Gasteiger partial charge < -0.3 is 9.80 Å². The number of benzene rings is 3. The van der Waals surface area contributed by atoms with E-state index in [1.54, 1.807) is 4.57 Å². The van der Waals surface area contributed by atoms with Gasteiger partial charge in [0.1, 0.15) is 0 Å². The van der Waals surface area contributed by atoms with Crippen molar-refractivity contribution < 1.29 is 4.79 Å². The summed E-state index contributed by atoms with van der Waals surface area (Å²) >= 11 is 0. The number of hydrogen-bond donors (Lipinski definition) is 0. The first-order valence-electron chi connectivity index (χ1n) is 10.8. The number of aromatic nitrogens is 2. The van der Waals surface area contributed by atoms with Crippen LogP contribution in [0.4, 0.5) is 5.82 Å². The van der Waals surface area contributed by atoms with Crippen molar-refractivity contribution in [3.63, 3.8) is 0 Å². The Hall–Kier alpha value is -3.93. The van der Waals surface area contributed by atoms with E-state index in [4.69, 9.17) is 4.98 Å². The molecule has 1 aromatic heterocycles. The normalized spacial score (nSPS) is 14.0. The fourth-order valence-corrected chi connectivity index (χ4v) is 4.19. The Morgan fingerprint density at radius 2 is 1.41 bits per heavy atom. The van der Waals surface area contributed by atoms with Crippen LogP contribution in [0, 0.1) is 0 Å². The Bertz CT molecular complexity index is 1290. The molecule has 1 amide bonds. The van der Waals surface area contributed by atoms with Crippen molar-refractivity contribution >= 4 is 22.8 Å². The summed E-state index contributed by atoms with van der Waals surface area (Å²) < 4.78 is 1.80. The van der Waals surface area contributed by atoms with Gasteiger partial charge in [-0.3, -0.25) is 14.2 Å². The predicted molar refractivity (Wildman–Crippen MR) is 126 cm³/mol. The summed E-state index contributed by atoms with van der Waals surface area (Å²) in [6.45, 7) is 2.75. The lowest BCUT2D eigenvalue weighted by Crippen LogP contribution is -2.50. The van der Waals surface area contributed by atoms with Gasteiger partial charge >= 0.3 is 0 Å². The van der Waals surface area contributed by atoms with Gasteiger partial charge in [-0.15, -0.1) is 0 Å². The van der Waals surface area contributed by atoms with Crippen LogP contribution in [-0.4, -0.2) is 46.5 Å². The Morgan fingerprint density at radius 1 is 0.781 bits per heavy atom. The van der Waals surface area contributed by atoms with Gasteiger partial charge in [0.25, 0.3) is 11.5 Å². The first-order chi connectivity index (χ1) is 15.7.